The first-order valence-electron chi connectivity index (χ1n) is 7.63. The van der Waals surface area contributed by atoms with Crippen LogP contribution in [0.25, 0.3) is 0 Å². The summed E-state index contributed by atoms with van der Waals surface area (Å²) in [5, 5.41) is 12.6. The van der Waals surface area contributed by atoms with E-state index < -0.39 is 5.97 Å². The zero-order valence-corrected chi connectivity index (χ0v) is 12.4. The van der Waals surface area contributed by atoms with Gasteiger partial charge in [0.05, 0.1) is 6.42 Å². The highest BCUT2D eigenvalue weighted by Gasteiger charge is 2.30. The van der Waals surface area contributed by atoms with Crippen molar-refractivity contribution in [3.8, 4) is 0 Å². The first kappa shape index (κ1) is 15.0. The molecule has 2 N–H and O–H groups in total. The van der Waals surface area contributed by atoms with Crippen molar-refractivity contribution in [1.29, 1.82) is 0 Å². The Labute approximate surface area is 121 Å². The third-order valence-corrected chi connectivity index (χ3v) is 4.77. The first-order valence-corrected chi connectivity index (χ1v) is 7.63. The van der Waals surface area contributed by atoms with E-state index in [-0.39, 0.29) is 6.42 Å². The molecule has 20 heavy (non-hydrogen) atoms. The minimum atomic E-state index is -0.766. The van der Waals surface area contributed by atoms with Crippen molar-refractivity contribution in [3.63, 3.8) is 0 Å². The Hall–Kier alpha value is -1.35. The number of rotatable bonds is 6. The highest BCUT2D eigenvalue weighted by molar-refractivity contribution is 5.70. The molecular weight excluding hydrogens is 250 g/mol. The van der Waals surface area contributed by atoms with Gasteiger partial charge in [-0.05, 0) is 35.8 Å². The summed E-state index contributed by atoms with van der Waals surface area (Å²) in [5.74, 6) is 0.783. The highest BCUT2D eigenvalue weighted by atomic mass is 16.4. The van der Waals surface area contributed by atoms with Gasteiger partial charge in [0, 0.05) is 12.6 Å². The molecule has 0 aromatic heterocycles. The van der Waals surface area contributed by atoms with Crippen LogP contribution in [0, 0.1) is 11.8 Å². The Morgan fingerprint density at radius 1 is 1.30 bits per heavy atom. The van der Waals surface area contributed by atoms with E-state index in [1.807, 2.05) is 24.3 Å². The van der Waals surface area contributed by atoms with E-state index >= 15 is 0 Å². The summed E-state index contributed by atoms with van der Waals surface area (Å²) >= 11 is 0. The molecule has 0 bridgehead atoms. The zero-order valence-electron chi connectivity index (χ0n) is 12.4. The molecular formula is C17H25NO2. The standard InChI is InChI=1S/C17H25NO2/c1-3-13-8-9-16(12(13)2)18-11-15-7-5-4-6-14(15)10-17(19)20/h4-7,12-13,16,18H,3,8-11H2,1-2H3,(H,19,20). The summed E-state index contributed by atoms with van der Waals surface area (Å²) in [5.41, 5.74) is 2.03. The Kier molecular flexibility index (Phi) is 5.18. The summed E-state index contributed by atoms with van der Waals surface area (Å²) in [7, 11) is 0. The third-order valence-electron chi connectivity index (χ3n) is 4.77. The van der Waals surface area contributed by atoms with Gasteiger partial charge < -0.3 is 10.4 Å². The molecule has 1 aliphatic carbocycles. The maximum absolute atomic E-state index is 10.9. The van der Waals surface area contributed by atoms with Crippen LogP contribution in [0.5, 0.6) is 0 Å². The number of hydrogen-bond donors (Lipinski definition) is 2. The van der Waals surface area contributed by atoms with Crippen molar-refractivity contribution >= 4 is 5.97 Å². The number of carbonyl (C=O) groups is 1. The predicted octanol–water partition coefficient (Wildman–Crippen LogP) is 3.23. The molecule has 2 rings (SSSR count). The summed E-state index contributed by atoms with van der Waals surface area (Å²) in [6.45, 7) is 5.38. The van der Waals surface area contributed by atoms with Crippen LogP contribution in [0.1, 0.15) is 44.2 Å². The Morgan fingerprint density at radius 3 is 2.60 bits per heavy atom. The minimum Gasteiger partial charge on any atom is -0.481 e. The molecule has 0 aliphatic heterocycles. The van der Waals surface area contributed by atoms with Gasteiger partial charge in [-0.2, -0.15) is 0 Å². The predicted molar refractivity (Wildman–Crippen MR) is 80.6 cm³/mol. The molecule has 110 valence electrons. The maximum Gasteiger partial charge on any atom is 0.307 e. The second-order valence-electron chi connectivity index (χ2n) is 5.93. The van der Waals surface area contributed by atoms with Gasteiger partial charge in [0.15, 0.2) is 0 Å². The Morgan fingerprint density at radius 2 is 2.00 bits per heavy atom. The lowest BCUT2D eigenvalue weighted by Crippen LogP contribution is -2.32. The van der Waals surface area contributed by atoms with Crippen LogP contribution in [0.4, 0.5) is 0 Å². The fourth-order valence-electron chi connectivity index (χ4n) is 3.42. The molecule has 0 spiro atoms. The van der Waals surface area contributed by atoms with Gasteiger partial charge in [-0.25, -0.2) is 0 Å². The second-order valence-corrected chi connectivity index (χ2v) is 5.93. The SMILES string of the molecule is CCC1CCC(NCc2ccccc2CC(=O)O)C1C. The van der Waals surface area contributed by atoms with Crippen molar-refractivity contribution in [2.45, 2.75) is 52.1 Å². The second kappa shape index (κ2) is 6.89. The van der Waals surface area contributed by atoms with E-state index in [2.05, 4.69) is 19.2 Å². The molecule has 1 aromatic carbocycles. The molecule has 3 heteroatoms. The lowest BCUT2D eigenvalue weighted by molar-refractivity contribution is -0.136. The molecule has 0 radical (unpaired) electrons. The number of nitrogens with one attached hydrogen (secondary N) is 1. The molecule has 3 nitrogen and oxygen atoms in total. The van der Waals surface area contributed by atoms with Crippen LogP contribution in [0.3, 0.4) is 0 Å². The summed E-state index contributed by atoms with van der Waals surface area (Å²) in [4.78, 5) is 10.9. The quantitative estimate of drug-likeness (QED) is 0.838. The van der Waals surface area contributed by atoms with E-state index in [1.54, 1.807) is 0 Å². The van der Waals surface area contributed by atoms with Crippen LogP contribution in [-0.2, 0) is 17.8 Å². The average Bonchev–Trinajstić information content (AvgIpc) is 2.78. The number of aliphatic carboxylic acids is 1. The van der Waals surface area contributed by atoms with Gasteiger partial charge in [-0.1, -0.05) is 44.5 Å². The molecule has 1 saturated carbocycles. The first-order chi connectivity index (χ1) is 9.61. The van der Waals surface area contributed by atoms with Gasteiger partial charge in [0.2, 0.25) is 0 Å². The maximum atomic E-state index is 10.9. The van der Waals surface area contributed by atoms with Crippen molar-refractivity contribution in [2.24, 2.45) is 11.8 Å². The van der Waals surface area contributed by atoms with Crippen molar-refractivity contribution in [2.75, 3.05) is 0 Å². The molecule has 3 unspecified atom stereocenters. The number of benzene rings is 1. The van der Waals surface area contributed by atoms with Crippen molar-refractivity contribution in [3.05, 3.63) is 35.4 Å². The van der Waals surface area contributed by atoms with Crippen LogP contribution < -0.4 is 5.32 Å². The Balaban J connectivity index is 1.96. The summed E-state index contributed by atoms with van der Waals surface area (Å²) in [6.07, 6.45) is 3.91. The van der Waals surface area contributed by atoms with Crippen LogP contribution in [0.15, 0.2) is 24.3 Å². The molecule has 0 saturated heterocycles. The smallest absolute Gasteiger partial charge is 0.307 e. The van der Waals surface area contributed by atoms with Crippen molar-refractivity contribution in [1.82, 2.24) is 5.32 Å². The monoisotopic (exact) mass is 275 g/mol. The van der Waals surface area contributed by atoms with E-state index in [0.29, 0.717) is 12.0 Å². The topological polar surface area (TPSA) is 49.3 Å². The third kappa shape index (κ3) is 3.60. The van der Waals surface area contributed by atoms with Crippen molar-refractivity contribution < 1.29 is 9.90 Å². The normalized spacial score (nSPS) is 25.8. The number of carboxylic acid groups (broad SMARTS) is 1. The molecule has 0 heterocycles. The molecule has 1 aromatic rings. The molecule has 0 amide bonds. The zero-order chi connectivity index (χ0) is 14.5. The Bertz CT molecular complexity index is 458. The summed E-state index contributed by atoms with van der Waals surface area (Å²) in [6, 6.07) is 8.40. The molecule has 1 fully saturated rings. The fraction of sp³-hybridized carbons (Fsp3) is 0.588. The van der Waals surface area contributed by atoms with E-state index in [4.69, 9.17) is 5.11 Å². The van der Waals surface area contributed by atoms with E-state index in [0.717, 1.165) is 23.6 Å². The van der Waals surface area contributed by atoms with Gasteiger partial charge in [0.25, 0.3) is 0 Å². The molecule has 3 atom stereocenters. The van der Waals surface area contributed by atoms with Crippen LogP contribution in [-0.4, -0.2) is 17.1 Å². The lowest BCUT2D eigenvalue weighted by Gasteiger charge is -2.21. The number of hydrogen-bond acceptors (Lipinski definition) is 2. The van der Waals surface area contributed by atoms with Gasteiger partial charge in [-0.3, -0.25) is 4.79 Å². The summed E-state index contributed by atoms with van der Waals surface area (Å²) < 4.78 is 0. The van der Waals surface area contributed by atoms with E-state index in [9.17, 15) is 4.79 Å². The average molecular weight is 275 g/mol. The highest BCUT2D eigenvalue weighted by Crippen LogP contribution is 2.34. The molecule has 1 aliphatic rings. The lowest BCUT2D eigenvalue weighted by atomic mass is 9.93. The van der Waals surface area contributed by atoms with E-state index in [1.165, 1.54) is 19.3 Å². The van der Waals surface area contributed by atoms with Gasteiger partial charge >= 0.3 is 5.97 Å². The van der Waals surface area contributed by atoms with Gasteiger partial charge in [0.1, 0.15) is 0 Å². The van der Waals surface area contributed by atoms with Crippen LogP contribution in [0.2, 0.25) is 0 Å². The minimum absolute atomic E-state index is 0.107. The largest absolute Gasteiger partial charge is 0.481 e. The van der Waals surface area contributed by atoms with Gasteiger partial charge in [-0.15, -0.1) is 0 Å². The number of carboxylic acids is 1. The van der Waals surface area contributed by atoms with Crippen LogP contribution >= 0.6 is 0 Å². The fourth-order valence-corrected chi connectivity index (χ4v) is 3.42.